The number of pyridine rings is 1. The van der Waals surface area contributed by atoms with Gasteiger partial charge in [0, 0.05) is 35.8 Å². The molecular weight excluding hydrogens is 356 g/mol. The Morgan fingerprint density at radius 3 is 2.36 bits per heavy atom. The van der Waals surface area contributed by atoms with Crippen molar-refractivity contribution in [2.24, 2.45) is 0 Å². The first kappa shape index (κ1) is 18.6. The van der Waals surface area contributed by atoms with Crippen LogP contribution in [0.5, 0.6) is 0 Å². The number of aliphatic hydroxyl groups is 2. The van der Waals surface area contributed by atoms with Crippen molar-refractivity contribution in [2.45, 2.75) is 12.2 Å². The van der Waals surface area contributed by atoms with Crippen LogP contribution in [0.2, 0.25) is 0 Å². The second-order valence-corrected chi connectivity index (χ2v) is 6.91. The van der Waals surface area contributed by atoms with Crippen LogP contribution < -0.4 is 0 Å². The summed E-state index contributed by atoms with van der Waals surface area (Å²) in [6.07, 6.45) is 0.823. The molecule has 1 saturated heterocycles. The lowest BCUT2D eigenvalue weighted by molar-refractivity contribution is -0.108. The van der Waals surface area contributed by atoms with E-state index in [1.807, 2.05) is 42.5 Å². The number of ether oxygens (including phenoxy) is 1. The third-order valence-corrected chi connectivity index (χ3v) is 5.00. The maximum absolute atomic E-state index is 12.9. The Bertz CT molecular complexity index is 956. The quantitative estimate of drug-likeness (QED) is 0.727. The van der Waals surface area contributed by atoms with E-state index in [1.54, 1.807) is 23.2 Å². The number of hydrogen-bond donors (Lipinski definition) is 2. The van der Waals surface area contributed by atoms with E-state index in [2.05, 4.69) is 4.98 Å². The average Bonchev–Trinajstić information content (AvgIpc) is 2.78. The summed E-state index contributed by atoms with van der Waals surface area (Å²) >= 11 is 0. The largest absolute Gasteiger partial charge is 0.394 e. The van der Waals surface area contributed by atoms with E-state index in [0.29, 0.717) is 18.7 Å². The predicted octanol–water partition coefficient (Wildman–Crippen LogP) is 2.10. The van der Waals surface area contributed by atoms with Crippen LogP contribution in [0, 0.1) is 0 Å². The molecule has 2 N–H and O–H groups in total. The summed E-state index contributed by atoms with van der Waals surface area (Å²) < 4.78 is 5.52. The maximum Gasteiger partial charge on any atom is 0.254 e. The van der Waals surface area contributed by atoms with Crippen LogP contribution in [0.3, 0.4) is 0 Å². The van der Waals surface area contributed by atoms with E-state index in [1.165, 1.54) is 0 Å². The molecule has 28 heavy (non-hydrogen) atoms. The Labute approximate surface area is 163 Å². The lowest BCUT2D eigenvalue weighted by atomic mass is 10.0. The standard InChI is InChI=1S/C22H22N2O4/c25-13-18-11-24(12-19(14-26)28-18)22(27)17-8-6-15(7-9-17)20-5-1-3-16-4-2-10-23-21(16)20/h1-10,18-19,25-26H,11-14H2/t18-,19+. The predicted molar refractivity (Wildman–Crippen MR) is 106 cm³/mol. The Hall–Kier alpha value is -2.80. The third-order valence-electron chi connectivity index (χ3n) is 5.00. The Morgan fingerprint density at radius 1 is 1.00 bits per heavy atom. The first-order valence-corrected chi connectivity index (χ1v) is 9.30. The molecule has 2 atom stereocenters. The molecule has 2 aromatic carbocycles. The molecule has 0 spiro atoms. The van der Waals surface area contributed by atoms with E-state index in [0.717, 1.165) is 22.0 Å². The first-order valence-electron chi connectivity index (χ1n) is 9.30. The van der Waals surface area contributed by atoms with Crippen molar-refractivity contribution in [1.29, 1.82) is 0 Å². The van der Waals surface area contributed by atoms with Crippen molar-refractivity contribution in [3.63, 3.8) is 0 Å². The molecule has 3 aromatic rings. The van der Waals surface area contributed by atoms with Crippen molar-refractivity contribution in [2.75, 3.05) is 26.3 Å². The minimum atomic E-state index is -0.476. The van der Waals surface area contributed by atoms with Gasteiger partial charge in [-0.1, -0.05) is 36.4 Å². The number of aromatic nitrogens is 1. The number of nitrogens with zero attached hydrogens (tertiary/aromatic N) is 2. The molecule has 4 rings (SSSR count). The Kier molecular flexibility index (Phi) is 5.34. The normalized spacial score (nSPS) is 19.7. The van der Waals surface area contributed by atoms with Crippen LogP contribution in [0.25, 0.3) is 22.0 Å². The second-order valence-electron chi connectivity index (χ2n) is 6.91. The summed E-state index contributed by atoms with van der Waals surface area (Å²) in [4.78, 5) is 19.0. The molecular formula is C22H22N2O4. The number of benzene rings is 2. The highest BCUT2D eigenvalue weighted by Crippen LogP contribution is 2.27. The van der Waals surface area contributed by atoms with E-state index in [9.17, 15) is 15.0 Å². The zero-order valence-electron chi connectivity index (χ0n) is 15.4. The number of fused-ring (bicyclic) bond motifs is 1. The fourth-order valence-corrected chi connectivity index (χ4v) is 3.60. The summed E-state index contributed by atoms with van der Waals surface area (Å²) in [6.45, 7) is 0.238. The van der Waals surface area contributed by atoms with E-state index in [4.69, 9.17) is 4.74 Å². The smallest absolute Gasteiger partial charge is 0.254 e. The van der Waals surface area contributed by atoms with E-state index >= 15 is 0 Å². The molecule has 0 radical (unpaired) electrons. The average molecular weight is 378 g/mol. The summed E-state index contributed by atoms with van der Waals surface area (Å²) in [5.74, 6) is -0.136. The molecule has 1 aliphatic rings. The summed E-state index contributed by atoms with van der Waals surface area (Å²) in [6, 6.07) is 17.4. The highest BCUT2D eigenvalue weighted by Gasteiger charge is 2.30. The van der Waals surface area contributed by atoms with Crippen molar-refractivity contribution in [1.82, 2.24) is 9.88 Å². The van der Waals surface area contributed by atoms with Crippen LogP contribution in [0.15, 0.2) is 60.8 Å². The molecule has 6 nitrogen and oxygen atoms in total. The lowest BCUT2D eigenvalue weighted by Gasteiger charge is -2.36. The van der Waals surface area contributed by atoms with E-state index < -0.39 is 12.2 Å². The first-order chi connectivity index (χ1) is 13.7. The molecule has 6 heteroatoms. The zero-order chi connectivity index (χ0) is 19.5. The lowest BCUT2D eigenvalue weighted by Crippen LogP contribution is -2.52. The Morgan fingerprint density at radius 2 is 1.68 bits per heavy atom. The van der Waals surface area contributed by atoms with Gasteiger partial charge in [0.2, 0.25) is 0 Å². The van der Waals surface area contributed by atoms with Crippen LogP contribution >= 0.6 is 0 Å². The number of amides is 1. The van der Waals surface area contributed by atoms with Crippen molar-refractivity contribution in [3.8, 4) is 11.1 Å². The summed E-state index contributed by atoms with van der Waals surface area (Å²) in [5.41, 5.74) is 3.49. The van der Waals surface area contributed by atoms with Gasteiger partial charge in [-0.15, -0.1) is 0 Å². The van der Waals surface area contributed by atoms with E-state index in [-0.39, 0.29) is 19.1 Å². The minimum Gasteiger partial charge on any atom is -0.394 e. The molecule has 0 bridgehead atoms. The number of aliphatic hydroxyl groups excluding tert-OH is 2. The van der Waals surface area contributed by atoms with Gasteiger partial charge in [0.05, 0.1) is 30.9 Å². The van der Waals surface area contributed by atoms with Gasteiger partial charge in [0.25, 0.3) is 5.91 Å². The summed E-state index contributed by atoms with van der Waals surface area (Å²) in [7, 11) is 0. The van der Waals surface area contributed by atoms with Gasteiger partial charge < -0.3 is 19.8 Å². The van der Waals surface area contributed by atoms with Crippen LogP contribution in [-0.2, 0) is 4.74 Å². The summed E-state index contributed by atoms with van der Waals surface area (Å²) in [5, 5.41) is 19.8. The van der Waals surface area contributed by atoms with Gasteiger partial charge in [-0.3, -0.25) is 9.78 Å². The number of hydrogen-bond acceptors (Lipinski definition) is 5. The number of carbonyl (C=O) groups excluding carboxylic acids is 1. The van der Waals surface area contributed by atoms with Gasteiger partial charge in [-0.2, -0.15) is 0 Å². The molecule has 1 aromatic heterocycles. The third kappa shape index (κ3) is 3.62. The highest BCUT2D eigenvalue weighted by atomic mass is 16.5. The zero-order valence-corrected chi connectivity index (χ0v) is 15.4. The highest BCUT2D eigenvalue weighted by molar-refractivity contribution is 5.97. The second kappa shape index (κ2) is 8.06. The van der Waals surface area contributed by atoms with Crippen LogP contribution in [0.1, 0.15) is 10.4 Å². The van der Waals surface area contributed by atoms with Gasteiger partial charge in [0.1, 0.15) is 0 Å². The van der Waals surface area contributed by atoms with Gasteiger partial charge in [-0.25, -0.2) is 0 Å². The molecule has 1 aliphatic heterocycles. The number of carbonyl (C=O) groups is 1. The number of para-hydroxylation sites is 1. The minimum absolute atomic E-state index is 0.136. The van der Waals surface area contributed by atoms with Gasteiger partial charge >= 0.3 is 0 Å². The SMILES string of the molecule is O=C(c1ccc(-c2cccc3cccnc23)cc1)N1C[C@@H](CO)O[C@@H](CO)C1. The van der Waals surface area contributed by atoms with Crippen molar-refractivity contribution < 1.29 is 19.7 Å². The van der Waals surface area contributed by atoms with Crippen molar-refractivity contribution in [3.05, 3.63) is 66.4 Å². The monoisotopic (exact) mass is 378 g/mol. The molecule has 0 saturated carbocycles. The fourth-order valence-electron chi connectivity index (χ4n) is 3.60. The maximum atomic E-state index is 12.9. The molecule has 1 fully saturated rings. The van der Waals surface area contributed by atoms with Crippen LogP contribution in [0.4, 0.5) is 0 Å². The van der Waals surface area contributed by atoms with Gasteiger partial charge in [0.15, 0.2) is 0 Å². The molecule has 144 valence electrons. The van der Waals surface area contributed by atoms with Crippen molar-refractivity contribution >= 4 is 16.8 Å². The number of morpholine rings is 1. The molecule has 0 aliphatic carbocycles. The molecule has 1 amide bonds. The van der Waals surface area contributed by atoms with Crippen LogP contribution in [-0.4, -0.2) is 64.5 Å². The Balaban J connectivity index is 1.58. The van der Waals surface area contributed by atoms with Gasteiger partial charge in [-0.05, 0) is 23.8 Å². The topological polar surface area (TPSA) is 82.9 Å². The fraction of sp³-hybridized carbons (Fsp3) is 0.273. The number of rotatable bonds is 4. The molecule has 2 heterocycles. The molecule has 0 unspecified atom stereocenters.